The van der Waals surface area contributed by atoms with Gasteiger partial charge in [0.15, 0.2) is 12.4 Å². The monoisotopic (exact) mass is 273 g/mol. The Bertz CT molecular complexity index is 561. The molecule has 106 valence electrons. The van der Waals surface area contributed by atoms with Crippen molar-refractivity contribution >= 4 is 0 Å². The highest BCUT2D eigenvalue weighted by Crippen LogP contribution is 2.38. The van der Waals surface area contributed by atoms with Crippen LogP contribution in [0.4, 0.5) is 0 Å². The minimum absolute atomic E-state index is 0.0843. The van der Waals surface area contributed by atoms with E-state index in [4.69, 9.17) is 15.0 Å². The number of aromatic nitrogens is 2. The van der Waals surface area contributed by atoms with Gasteiger partial charge >= 0.3 is 0 Å². The predicted octanol–water partition coefficient (Wildman–Crippen LogP) is 2.94. The molecule has 3 rings (SSSR count). The molecule has 0 amide bonds. The third-order valence-corrected chi connectivity index (χ3v) is 3.54. The van der Waals surface area contributed by atoms with Gasteiger partial charge in [-0.3, -0.25) is 0 Å². The van der Waals surface area contributed by atoms with Crippen molar-refractivity contribution in [1.82, 2.24) is 10.1 Å². The van der Waals surface area contributed by atoms with Crippen molar-refractivity contribution in [3.05, 3.63) is 41.5 Å². The van der Waals surface area contributed by atoms with Crippen LogP contribution in [-0.4, -0.2) is 10.1 Å². The Morgan fingerprint density at radius 3 is 2.75 bits per heavy atom. The molecule has 2 aromatic rings. The normalized spacial score (nSPS) is 16.1. The molecule has 0 bridgehead atoms. The second-order valence-electron chi connectivity index (χ2n) is 5.19. The molecule has 1 saturated carbocycles. The molecule has 0 aliphatic heterocycles. The maximum atomic E-state index is 5.97. The summed E-state index contributed by atoms with van der Waals surface area (Å²) in [6.07, 6.45) is 3.25. The third-order valence-electron chi connectivity index (χ3n) is 3.54. The number of hydrogen-bond acceptors (Lipinski definition) is 5. The van der Waals surface area contributed by atoms with E-state index >= 15 is 0 Å². The Labute approximate surface area is 118 Å². The molecule has 5 heteroatoms. The van der Waals surface area contributed by atoms with Gasteiger partial charge in [-0.1, -0.05) is 24.2 Å². The van der Waals surface area contributed by atoms with Crippen LogP contribution in [0.2, 0.25) is 0 Å². The van der Waals surface area contributed by atoms with Gasteiger partial charge in [-0.25, -0.2) is 0 Å². The summed E-state index contributed by atoms with van der Waals surface area (Å²) in [7, 11) is 0. The van der Waals surface area contributed by atoms with E-state index < -0.39 is 0 Å². The first-order chi connectivity index (χ1) is 9.76. The van der Waals surface area contributed by atoms with Gasteiger partial charge in [0.25, 0.3) is 5.89 Å². The van der Waals surface area contributed by atoms with Crippen LogP contribution in [0.5, 0.6) is 5.75 Å². The van der Waals surface area contributed by atoms with Crippen LogP contribution >= 0.6 is 0 Å². The van der Waals surface area contributed by atoms with Crippen LogP contribution in [0, 0.1) is 0 Å². The maximum absolute atomic E-state index is 5.97. The molecule has 5 nitrogen and oxygen atoms in total. The van der Waals surface area contributed by atoms with E-state index in [9.17, 15) is 0 Å². The molecule has 1 aliphatic rings. The minimum Gasteiger partial charge on any atom is -0.484 e. The Hall–Kier alpha value is -1.88. The van der Waals surface area contributed by atoms with Crippen molar-refractivity contribution in [1.29, 1.82) is 0 Å². The van der Waals surface area contributed by atoms with Gasteiger partial charge in [-0.2, -0.15) is 4.98 Å². The van der Waals surface area contributed by atoms with E-state index in [1.807, 2.05) is 24.3 Å². The van der Waals surface area contributed by atoms with Crippen molar-refractivity contribution in [2.24, 2.45) is 5.73 Å². The summed E-state index contributed by atoms with van der Waals surface area (Å²) in [6, 6.07) is 7.91. The van der Waals surface area contributed by atoms with Crippen molar-refractivity contribution in [3.63, 3.8) is 0 Å². The first-order valence-corrected chi connectivity index (χ1v) is 7.07. The highest BCUT2D eigenvalue weighted by atomic mass is 16.5. The van der Waals surface area contributed by atoms with Crippen LogP contribution in [0.25, 0.3) is 0 Å². The van der Waals surface area contributed by atoms with Gasteiger partial charge in [0, 0.05) is 12.0 Å². The molecule has 1 aromatic heterocycles. The van der Waals surface area contributed by atoms with Gasteiger partial charge in [-0.05, 0) is 37.0 Å². The predicted molar refractivity (Wildman–Crippen MR) is 74.3 cm³/mol. The van der Waals surface area contributed by atoms with E-state index in [1.165, 1.54) is 12.8 Å². The van der Waals surface area contributed by atoms with Gasteiger partial charge < -0.3 is 15.0 Å². The summed E-state index contributed by atoms with van der Waals surface area (Å²) < 4.78 is 10.8. The number of hydrogen-bond donors (Lipinski definition) is 1. The zero-order valence-corrected chi connectivity index (χ0v) is 11.6. The average molecular weight is 273 g/mol. The molecule has 20 heavy (non-hydrogen) atoms. The lowest BCUT2D eigenvalue weighted by molar-refractivity contribution is 0.242. The molecular weight excluding hydrogens is 254 g/mol. The second kappa shape index (κ2) is 5.63. The number of benzene rings is 1. The first-order valence-electron chi connectivity index (χ1n) is 7.07. The SMILES string of the molecule is CC[C@@H](N)c1ccc(OCc2nc(C3CC3)no2)cc1. The van der Waals surface area contributed by atoms with Crippen molar-refractivity contribution in [2.45, 2.75) is 44.8 Å². The minimum atomic E-state index is 0.0843. The van der Waals surface area contributed by atoms with E-state index in [2.05, 4.69) is 17.1 Å². The molecule has 0 radical (unpaired) electrons. The summed E-state index contributed by atoms with van der Waals surface area (Å²) in [6.45, 7) is 2.38. The Kier molecular flexibility index (Phi) is 3.69. The first kappa shape index (κ1) is 13.1. The summed E-state index contributed by atoms with van der Waals surface area (Å²) in [5.41, 5.74) is 7.09. The number of rotatable bonds is 6. The van der Waals surface area contributed by atoms with Crippen LogP contribution in [0.15, 0.2) is 28.8 Å². The largest absolute Gasteiger partial charge is 0.484 e. The van der Waals surface area contributed by atoms with Crippen LogP contribution in [0.1, 0.15) is 55.4 Å². The van der Waals surface area contributed by atoms with Crippen LogP contribution < -0.4 is 10.5 Å². The van der Waals surface area contributed by atoms with Gasteiger partial charge in [0.05, 0.1) is 0 Å². The highest BCUT2D eigenvalue weighted by Gasteiger charge is 2.28. The smallest absolute Gasteiger partial charge is 0.264 e. The molecule has 0 unspecified atom stereocenters. The summed E-state index contributed by atoms with van der Waals surface area (Å²) in [4.78, 5) is 4.32. The fraction of sp³-hybridized carbons (Fsp3) is 0.467. The lowest BCUT2D eigenvalue weighted by atomic mass is 10.1. The summed E-state index contributed by atoms with van der Waals surface area (Å²) >= 11 is 0. The molecule has 1 atom stereocenters. The van der Waals surface area contributed by atoms with Crippen molar-refractivity contribution < 1.29 is 9.26 Å². The third kappa shape index (κ3) is 2.99. The van der Waals surface area contributed by atoms with E-state index in [-0.39, 0.29) is 6.04 Å². The molecule has 1 aliphatic carbocycles. The number of nitrogens with two attached hydrogens (primary N) is 1. The van der Waals surface area contributed by atoms with Crippen molar-refractivity contribution in [3.8, 4) is 5.75 Å². The zero-order valence-electron chi connectivity index (χ0n) is 11.6. The summed E-state index contributed by atoms with van der Waals surface area (Å²) in [5.74, 6) is 2.62. The number of ether oxygens (including phenoxy) is 1. The quantitative estimate of drug-likeness (QED) is 0.875. The van der Waals surface area contributed by atoms with Gasteiger partial charge in [0.2, 0.25) is 0 Å². The lowest BCUT2D eigenvalue weighted by Crippen LogP contribution is -2.08. The molecule has 0 spiro atoms. The molecule has 1 fully saturated rings. The fourth-order valence-corrected chi connectivity index (χ4v) is 2.03. The maximum Gasteiger partial charge on any atom is 0.264 e. The summed E-state index contributed by atoms with van der Waals surface area (Å²) in [5, 5.41) is 3.96. The lowest BCUT2D eigenvalue weighted by Gasteiger charge is -2.10. The van der Waals surface area contributed by atoms with Crippen LogP contribution in [-0.2, 0) is 6.61 Å². The molecule has 1 heterocycles. The van der Waals surface area contributed by atoms with Crippen LogP contribution in [0.3, 0.4) is 0 Å². The average Bonchev–Trinajstić information content (AvgIpc) is 3.24. The molecule has 2 N–H and O–H groups in total. The fourth-order valence-electron chi connectivity index (χ4n) is 2.03. The van der Waals surface area contributed by atoms with Crippen molar-refractivity contribution in [2.75, 3.05) is 0 Å². The molecule has 0 saturated heterocycles. The van der Waals surface area contributed by atoms with E-state index in [0.717, 1.165) is 23.6 Å². The Morgan fingerprint density at radius 2 is 2.10 bits per heavy atom. The highest BCUT2D eigenvalue weighted by molar-refractivity contribution is 5.29. The Morgan fingerprint density at radius 1 is 1.35 bits per heavy atom. The van der Waals surface area contributed by atoms with Gasteiger partial charge in [0.1, 0.15) is 5.75 Å². The van der Waals surface area contributed by atoms with E-state index in [0.29, 0.717) is 18.4 Å². The second-order valence-corrected chi connectivity index (χ2v) is 5.19. The molecular formula is C15H19N3O2. The molecule has 1 aromatic carbocycles. The standard InChI is InChI=1S/C15H19N3O2/c1-2-13(16)10-5-7-12(8-6-10)19-9-14-17-15(18-20-14)11-3-4-11/h5-8,11,13H,2-4,9,16H2,1H3/t13-/m1/s1. The topological polar surface area (TPSA) is 74.2 Å². The van der Waals surface area contributed by atoms with Gasteiger partial charge in [-0.15, -0.1) is 0 Å². The zero-order chi connectivity index (χ0) is 13.9. The number of nitrogens with zero attached hydrogens (tertiary/aromatic N) is 2. The Balaban J connectivity index is 1.57. The van der Waals surface area contributed by atoms with E-state index in [1.54, 1.807) is 0 Å².